The van der Waals surface area contributed by atoms with E-state index in [9.17, 15) is 9.90 Å². The van der Waals surface area contributed by atoms with Gasteiger partial charge < -0.3 is 30.9 Å². The van der Waals surface area contributed by atoms with E-state index < -0.39 is 18.6 Å². The van der Waals surface area contributed by atoms with Crippen LogP contribution in [0.2, 0.25) is 6.32 Å². The monoisotopic (exact) mass is 338 g/mol. The first kappa shape index (κ1) is 20.4. The second-order valence-corrected chi connectivity index (χ2v) is 5.96. The molecule has 134 valence electrons. The number of carboxylic acid groups (broad SMARTS) is 1. The third-order valence-electron chi connectivity index (χ3n) is 4.00. The second kappa shape index (κ2) is 10.3. The highest BCUT2D eigenvalue weighted by molar-refractivity contribution is 6.40. The molecule has 0 bridgehead atoms. The van der Waals surface area contributed by atoms with Crippen LogP contribution in [0.3, 0.4) is 0 Å². The van der Waals surface area contributed by atoms with Crippen LogP contribution < -0.4 is 15.8 Å². The van der Waals surface area contributed by atoms with E-state index in [1.807, 2.05) is 24.3 Å². The van der Waals surface area contributed by atoms with Crippen molar-refractivity contribution in [3.8, 4) is 5.75 Å². The summed E-state index contributed by atoms with van der Waals surface area (Å²) in [5, 5.41) is 30.1. The molecule has 0 aromatic heterocycles. The number of aliphatic carboxylic acids is 1. The summed E-state index contributed by atoms with van der Waals surface area (Å²) < 4.78 is 5.09. The van der Waals surface area contributed by atoms with Gasteiger partial charge in [-0.15, -0.1) is 0 Å². The molecule has 0 amide bonds. The Morgan fingerprint density at radius 3 is 2.46 bits per heavy atom. The van der Waals surface area contributed by atoms with E-state index in [-0.39, 0.29) is 6.32 Å². The number of rotatable bonds is 12. The van der Waals surface area contributed by atoms with Gasteiger partial charge in [-0.3, -0.25) is 4.79 Å². The molecule has 1 aromatic rings. The molecule has 24 heavy (non-hydrogen) atoms. The largest absolute Gasteiger partial charge is 0.497 e. The Kier molecular flexibility index (Phi) is 8.77. The van der Waals surface area contributed by atoms with Gasteiger partial charge in [0.05, 0.1) is 7.11 Å². The van der Waals surface area contributed by atoms with Crippen LogP contribution >= 0.6 is 0 Å². The number of benzene rings is 1. The lowest BCUT2D eigenvalue weighted by molar-refractivity contribution is -0.143. The summed E-state index contributed by atoms with van der Waals surface area (Å²) in [7, 11) is 0.259. The molecule has 0 fully saturated rings. The number of hydrogen-bond donors (Lipinski definition) is 5. The summed E-state index contributed by atoms with van der Waals surface area (Å²) in [6.07, 6.45) is 1.91. The van der Waals surface area contributed by atoms with Crippen molar-refractivity contribution in [2.75, 3.05) is 13.7 Å². The molecule has 1 atom stereocenters. The Balaban J connectivity index is 2.35. The fourth-order valence-corrected chi connectivity index (χ4v) is 2.39. The molecule has 7 nitrogen and oxygen atoms in total. The maximum atomic E-state index is 11.4. The van der Waals surface area contributed by atoms with Gasteiger partial charge in [0, 0.05) is 6.54 Å². The zero-order valence-electron chi connectivity index (χ0n) is 14.1. The van der Waals surface area contributed by atoms with E-state index in [0.29, 0.717) is 38.8 Å². The Morgan fingerprint density at radius 1 is 1.25 bits per heavy atom. The highest BCUT2D eigenvalue weighted by Crippen LogP contribution is 2.17. The Labute approximate surface area is 143 Å². The summed E-state index contributed by atoms with van der Waals surface area (Å²) in [4.78, 5) is 11.4. The van der Waals surface area contributed by atoms with E-state index in [4.69, 9.17) is 20.5 Å². The number of ether oxygens (including phenoxy) is 1. The molecule has 0 aliphatic rings. The van der Waals surface area contributed by atoms with Gasteiger partial charge in [-0.25, -0.2) is 0 Å². The van der Waals surface area contributed by atoms with Gasteiger partial charge in [-0.05, 0) is 43.4 Å². The minimum atomic E-state index is -1.35. The quantitative estimate of drug-likeness (QED) is 0.279. The fraction of sp³-hybridized carbons (Fsp3) is 0.562. The molecule has 8 heteroatoms. The average molecular weight is 338 g/mol. The molecule has 1 rings (SSSR count). The topological polar surface area (TPSA) is 125 Å². The maximum Gasteiger partial charge on any atom is 0.451 e. The first-order valence-corrected chi connectivity index (χ1v) is 8.09. The first-order valence-electron chi connectivity index (χ1n) is 8.09. The van der Waals surface area contributed by atoms with Crippen molar-refractivity contribution in [2.45, 2.75) is 44.1 Å². The standard InChI is InChI=1S/C16H27BN2O5/c1-24-14-6-4-13(5-7-14)12-19-11-9-16(18,15(20)21)8-2-3-10-17(22)23/h4-7,19,22-23H,2-3,8-12,18H2,1H3,(H,20,21). The van der Waals surface area contributed by atoms with Crippen LogP contribution in [0.4, 0.5) is 0 Å². The smallest absolute Gasteiger partial charge is 0.451 e. The SMILES string of the molecule is COc1ccc(CNCCC(N)(CCCCB(O)O)C(=O)O)cc1. The molecule has 0 heterocycles. The third kappa shape index (κ3) is 7.31. The molecule has 0 saturated heterocycles. The van der Waals surface area contributed by atoms with E-state index in [2.05, 4.69) is 5.32 Å². The van der Waals surface area contributed by atoms with Gasteiger partial charge in [-0.2, -0.15) is 0 Å². The number of nitrogens with two attached hydrogens (primary N) is 1. The highest BCUT2D eigenvalue weighted by atomic mass is 16.5. The van der Waals surface area contributed by atoms with E-state index in [1.165, 1.54) is 0 Å². The number of unbranched alkanes of at least 4 members (excludes halogenated alkanes) is 1. The molecule has 1 aromatic carbocycles. The normalized spacial score (nSPS) is 13.3. The first-order chi connectivity index (χ1) is 11.4. The van der Waals surface area contributed by atoms with Crippen molar-refractivity contribution < 1.29 is 24.7 Å². The van der Waals surface area contributed by atoms with Crippen molar-refractivity contribution in [3.05, 3.63) is 29.8 Å². The predicted octanol–water partition coefficient (Wildman–Crippen LogP) is 0.600. The van der Waals surface area contributed by atoms with Crippen molar-refractivity contribution >= 4 is 13.1 Å². The number of methoxy groups -OCH3 is 1. The van der Waals surface area contributed by atoms with Gasteiger partial charge >= 0.3 is 13.1 Å². The molecule has 1 unspecified atom stereocenters. The van der Waals surface area contributed by atoms with Gasteiger partial charge in [0.15, 0.2) is 0 Å². The third-order valence-corrected chi connectivity index (χ3v) is 4.00. The van der Waals surface area contributed by atoms with Crippen LogP contribution in [0.5, 0.6) is 5.75 Å². The number of hydrogen-bond acceptors (Lipinski definition) is 6. The summed E-state index contributed by atoms with van der Waals surface area (Å²) in [6, 6.07) is 7.63. The summed E-state index contributed by atoms with van der Waals surface area (Å²) in [5.74, 6) is -0.239. The Bertz CT molecular complexity index is 498. The zero-order valence-corrected chi connectivity index (χ0v) is 14.1. The molecular formula is C16H27BN2O5. The summed E-state index contributed by atoms with van der Waals surface area (Å²) in [6.45, 7) is 1.11. The Morgan fingerprint density at radius 2 is 1.92 bits per heavy atom. The van der Waals surface area contributed by atoms with Gasteiger partial charge in [0.2, 0.25) is 0 Å². The van der Waals surface area contributed by atoms with Gasteiger partial charge in [-0.1, -0.05) is 25.0 Å². The maximum absolute atomic E-state index is 11.4. The van der Waals surface area contributed by atoms with Crippen molar-refractivity contribution in [3.63, 3.8) is 0 Å². The lowest BCUT2D eigenvalue weighted by Crippen LogP contribution is -2.49. The van der Waals surface area contributed by atoms with Crippen LogP contribution in [0.15, 0.2) is 24.3 Å². The molecule has 0 aliphatic carbocycles. The minimum Gasteiger partial charge on any atom is -0.497 e. The fourth-order valence-electron chi connectivity index (χ4n) is 2.39. The molecule has 0 spiro atoms. The second-order valence-electron chi connectivity index (χ2n) is 5.96. The molecular weight excluding hydrogens is 311 g/mol. The predicted molar refractivity (Wildman–Crippen MR) is 92.7 cm³/mol. The van der Waals surface area contributed by atoms with Crippen LogP contribution in [-0.2, 0) is 11.3 Å². The van der Waals surface area contributed by atoms with Crippen molar-refractivity contribution in [2.24, 2.45) is 5.73 Å². The number of nitrogens with one attached hydrogen (secondary N) is 1. The van der Waals surface area contributed by atoms with Gasteiger partial charge in [0.25, 0.3) is 0 Å². The van der Waals surface area contributed by atoms with Crippen LogP contribution in [-0.4, -0.2) is 47.4 Å². The van der Waals surface area contributed by atoms with E-state index in [1.54, 1.807) is 7.11 Å². The van der Waals surface area contributed by atoms with E-state index >= 15 is 0 Å². The minimum absolute atomic E-state index is 0.228. The van der Waals surface area contributed by atoms with Crippen LogP contribution in [0, 0.1) is 0 Å². The summed E-state index contributed by atoms with van der Waals surface area (Å²) >= 11 is 0. The van der Waals surface area contributed by atoms with Crippen molar-refractivity contribution in [1.82, 2.24) is 5.32 Å². The molecule has 0 saturated carbocycles. The zero-order chi connectivity index (χ0) is 18.0. The average Bonchev–Trinajstić information content (AvgIpc) is 2.56. The van der Waals surface area contributed by atoms with Gasteiger partial charge in [0.1, 0.15) is 11.3 Å². The van der Waals surface area contributed by atoms with E-state index in [0.717, 1.165) is 11.3 Å². The molecule has 0 aliphatic heterocycles. The number of carboxylic acids is 1. The molecule has 6 N–H and O–H groups in total. The molecule has 0 radical (unpaired) electrons. The Hall–Kier alpha value is -1.61. The number of carbonyl (C=O) groups is 1. The van der Waals surface area contributed by atoms with Crippen LogP contribution in [0.25, 0.3) is 0 Å². The lowest BCUT2D eigenvalue weighted by atomic mass is 9.81. The van der Waals surface area contributed by atoms with Crippen LogP contribution in [0.1, 0.15) is 31.2 Å². The highest BCUT2D eigenvalue weighted by Gasteiger charge is 2.32. The lowest BCUT2D eigenvalue weighted by Gasteiger charge is -2.25. The summed E-state index contributed by atoms with van der Waals surface area (Å²) in [5.41, 5.74) is 5.77. The van der Waals surface area contributed by atoms with Crippen molar-refractivity contribution in [1.29, 1.82) is 0 Å².